The van der Waals surface area contributed by atoms with Gasteiger partial charge in [0.15, 0.2) is 0 Å². The molecule has 0 bridgehead atoms. The van der Waals surface area contributed by atoms with Crippen LogP contribution in [0.25, 0.3) is 16.3 Å². The molecular weight excluding hydrogens is 430 g/mol. The number of hydrogen-bond donors (Lipinski definition) is 1. The van der Waals surface area contributed by atoms with Crippen molar-refractivity contribution in [2.45, 2.75) is 26.1 Å². The summed E-state index contributed by atoms with van der Waals surface area (Å²) < 4.78 is 5.50. The molecule has 2 aliphatic rings. The summed E-state index contributed by atoms with van der Waals surface area (Å²) in [4.78, 5) is 2.30. The third-order valence-corrected chi connectivity index (χ3v) is 6.88. The average Bonchev–Trinajstić information content (AvgIpc) is 2.90. The molecule has 0 fully saturated rings. The molecule has 0 saturated heterocycles. The number of aliphatic hydroxyl groups excluding tert-OH is 1. The van der Waals surface area contributed by atoms with Crippen LogP contribution in [-0.2, 0) is 12.8 Å². The van der Waals surface area contributed by atoms with E-state index in [0.29, 0.717) is 5.75 Å². The highest BCUT2D eigenvalue weighted by Gasteiger charge is 2.23. The largest absolute Gasteiger partial charge is 0.461 e. The van der Waals surface area contributed by atoms with Crippen LogP contribution in [0.5, 0.6) is 5.75 Å². The topological polar surface area (TPSA) is 32.7 Å². The summed E-state index contributed by atoms with van der Waals surface area (Å²) in [5, 5.41) is 12.4. The maximum absolute atomic E-state index is 9.78. The highest BCUT2D eigenvalue weighted by atomic mass is 16.6. The normalized spacial score (nSPS) is 14.4. The van der Waals surface area contributed by atoms with Crippen LogP contribution in [0.3, 0.4) is 0 Å². The van der Waals surface area contributed by atoms with E-state index in [2.05, 4.69) is 85.2 Å². The first-order chi connectivity index (χ1) is 17.1. The van der Waals surface area contributed by atoms with Gasteiger partial charge in [-0.25, -0.2) is 0 Å². The molecule has 4 aromatic rings. The Bertz CT molecular complexity index is 1490. The number of hydrogen-bond acceptors (Lipinski definition) is 3. The first-order valence-corrected chi connectivity index (χ1v) is 12.0. The smallest absolute Gasteiger partial charge is 0.216 e. The van der Waals surface area contributed by atoms with E-state index < -0.39 is 6.29 Å². The number of anilines is 3. The predicted molar refractivity (Wildman–Crippen MR) is 145 cm³/mol. The molecule has 0 aliphatic heterocycles. The second-order valence-electron chi connectivity index (χ2n) is 9.15. The highest BCUT2D eigenvalue weighted by molar-refractivity contribution is 6.08. The van der Waals surface area contributed by atoms with E-state index in [4.69, 9.17) is 4.74 Å². The van der Waals surface area contributed by atoms with Gasteiger partial charge in [-0.05, 0) is 96.0 Å². The summed E-state index contributed by atoms with van der Waals surface area (Å²) in [5.41, 5.74) is 9.99. The van der Waals surface area contributed by atoms with Crippen molar-refractivity contribution in [3.05, 3.63) is 126 Å². The van der Waals surface area contributed by atoms with Gasteiger partial charge in [0.25, 0.3) is 0 Å². The predicted octanol–water partition coefficient (Wildman–Crippen LogP) is 7.55. The summed E-state index contributed by atoms with van der Waals surface area (Å²) in [6.07, 6.45) is 9.15. The third-order valence-electron chi connectivity index (χ3n) is 6.88. The van der Waals surface area contributed by atoms with Crippen LogP contribution < -0.4 is 9.64 Å². The van der Waals surface area contributed by atoms with Crippen molar-refractivity contribution in [1.82, 2.24) is 0 Å². The maximum atomic E-state index is 9.78. The van der Waals surface area contributed by atoms with Crippen molar-refractivity contribution in [1.29, 1.82) is 0 Å². The lowest BCUT2D eigenvalue weighted by Crippen LogP contribution is -2.13. The zero-order chi connectivity index (χ0) is 23.9. The van der Waals surface area contributed by atoms with Gasteiger partial charge >= 0.3 is 0 Å². The van der Waals surface area contributed by atoms with Gasteiger partial charge in [-0.3, -0.25) is 0 Å². The van der Waals surface area contributed by atoms with Crippen LogP contribution in [0.4, 0.5) is 17.1 Å². The number of aryl methyl sites for hydroxylation is 1. The van der Waals surface area contributed by atoms with E-state index in [1.807, 2.05) is 24.3 Å². The summed E-state index contributed by atoms with van der Waals surface area (Å²) in [7, 11) is 0. The first kappa shape index (κ1) is 21.5. The van der Waals surface area contributed by atoms with Gasteiger partial charge in [0.1, 0.15) is 5.75 Å². The maximum Gasteiger partial charge on any atom is 0.216 e. The van der Waals surface area contributed by atoms with Crippen molar-refractivity contribution >= 4 is 33.4 Å². The molecule has 0 saturated carbocycles. The molecular formula is C32H27NO2. The fraction of sp³-hybridized carbons (Fsp3) is 0.125. The van der Waals surface area contributed by atoms with E-state index in [1.165, 1.54) is 44.7 Å². The second-order valence-corrected chi connectivity index (χ2v) is 9.15. The molecule has 172 valence electrons. The van der Waals surface area contributed by atoms with E-state index in [9.17, 15) is 5.11 Å². The SMILES string of the molecule is C=CC(O)Oc1ccc(N(c2ccc(C)cc2)c2ccc3c4c5c(ccc24)CC=CC5=CC3)cc1. The van der Waals surface area contributed by atoms with Gasteiger partial charge in [-0.15, -0.1) is 0 Å². The Balaban J connectivity index is 1.54. The molecule has 35 heavy (non-hydrogen) atoms. The Hall–Kier alpha value is -4.08. The van der Waals surface area contributed by atoms with Crippen molar-refractivity contribution in [3.63, 3.8) is 0 Å². The Morgan fingerprint density at radius 2 is 1.60 bits per heavy atom. The number of benzene rings is 4. The van der Waals surface area contributed by atoms with Crippen LogP contribution in [-0.4, -0.2) is 11.4 Å². The van der Waals surface area contributed by atoms with Gasteiger partial charge in [-0.2, -0.15) is 0 Å². The van der Waals surface area contributed by atoms with E-state index in [0.717, 1.165) is 29.9 Å². The van der Waals surface area contributed by atoms with Gasteiger partial charge in [0.2, 0.25) is 6.29 Å². The molecule has 1 unspecified atom stereocenters. The average molecular weight is 458 g/mol. The molecule has 1 N–H and O–H groups in total. The molecule has 0 aromatic heterocycles. The lowest BCUT2D eigenvalue weighted by molar-refractivity contribution is 0.0251. The van der Waals surface area contributed by atoms with Crippen LogP contribution in [0.2, 0.25) is 0 Å². The summed E-state index contributed by atoms with van der Waals surface area (Å²) in [5.74, 6) is 0.593. The van der Waals surface area contributed by atoms with Crippen molar-refractivity contribution in [2.24, 2.45) is 0 Å². The molecule has 1 atom stereocenters. The quantitative estimate of drug-likeness (QED) is 0.240. The first-order valence-electron chi connectivity index (χ1n) is 12.0. The molecule has 0 spiro atoms. The highest BCUT2D eigenvalue weighted by Crippen LogP contribution is 2.45. The Morgan fingerprint density at radius 3 is 2.34 bits per heavy atom. The Morgan fingerprint density at radius 1 is 0.886 bits per heavy atom. The molecule has 3 nitrogen and oxygen atoms in total. The zero-order valence-corrected chi connectivity index (χ0v) is 19.7. The lowest BCUT2D eigenvalue weighted by Gasteiger charge is -2.30. The zero-order valence-electron chi connectivity index (χ0n) is 19.7. The van der Waals surface area contributed by atoms with Gasteiger partial charge in [-0.1, -0.05) is 60.7 Å². The third kappa shape index (κ3) is 3.74. The minimum atomic E-state index is -1.03. The molecule has 0 amide bonds. The number of aliphatic hydroxyl groups is 1. The Labute approximate surface area is 205 Å². The molecule has 0 radical (unpaired) electrons. The van der Waals surface area contributed by atoms with E-state index in [1.54, 1.807) is 0 Å². The van der Waals surface area contributed by atoms with Crippen molar-refractivity contribution in [3.8, 4) is 5.75 Å². The standard InChI is InChI=1S/C32H27NO2/c1-3-30(34)35-27-17-15-26(16-18-27)33(25-13-7-21(2)8-14-25)29-20-12-24-10-9-22-5-4-6-23-11-19-28(29)32(24)31(22)23/h3-5,7-9,11-20,30,34H,1,6,10H2,2H3. The van der Waals surface area contributed by atoms with Gasteiger partial charge < -0.3 is 14.7 Å². The molecule has 0 heterocycles. The number of ether oxygens (including phenoxy) is 1. The van der Waals surface area contributed by atoms with Crippen LogP contribution in [0.15, 0.2) is 104 Å². The van der Waals surface area contributed by atoms with E-state index >= 15 is 0 Å². The molecule has 6 rings (SSSR count). The number of nitrogens with zero attached hydrogens (tertiary/aromatic N) is 1. The summed E-state index contributed by atoms with van der Waals surface area (Å²) in [6, 6.07) is 25.6. The number of allylic oxidation sites excluding steroid dienone is 4. The lowest BCUT2D eigenvalue weighted by atomic mass is 9.81. The fourth-order valence-corrected chi connectivity index (χ4v) is 5.18. The summed E-state index contributed by atoms with van der Waals surface area (Å²) in [6.45, 7) is 5.68. The van der Waals surface area contributed by atoms with Crippen LogP contribution in [0, 0.1) is 6.92 Å². The van der Waals surface area contributed by atoms with Crippen molar-refractivity contribution < 1.29 is 9.84 Å². The molecule has 2 aliphatic carbocycles. The van der Waals surface area contributed by atoms with Crippen LogP contribution in [0.1, 0.15) is 22.3 Å². The van der Waals surface area contributed by atoms with E-state index in [-0.39, 0.29) is 0 Å². The van der Waals surface area contributed by atoms with Crippen molar-refractivity contribution in [2.75, 3.05) is 4.90 Å². The molecule has 3 heteroatoms. The minimum absolute atomic E-state index is 0.593. The minimum Gasteiger partial charge on any atom is -0.461 e. The summed E-state index contributed by atoms with van der Waals surface area (Å²) >= 11 is 0. The second kappa shape index (κ2) is 8.61. The van der Waals surface area contributed by atoms with Crippen LogP contribution >= 0.6 is 0 Å². The number of rotatable bonds is 6. The molecule has 4 aromatic carbocycles. The monoisotopic (exact) mass is 457 g/mol. The fourth-order valence-electron chi connectivity index (χ4n) is 5.18. The Kier molecular flexibility index (Phi) is 5.28. The van der Waals surface area contributed by atoms with Gasteiger partial charge in [0.05, 0.1) is 5.69 Å². The van der Waals surface area contributed by atoms with Gasteiger partial charge in [0, 0.05) is 16.8 Å².